The van der Waals surface area contributed by atoms with Crippen molar-refractivity contribution in [1.29, 1.82) is 0 Å². The summed E-state index contributed by atoms with van der Waals surface area (Å²) in [6.45, 7) is -0.295. The van der Waals surface area contributed by atoms with Crippen molar-refractivity contribution in [3.63, 3.8) is 0 Å². The zero-order valence-electron chi connectivity index (χ0n) is 10.9. The zero-order chi connectivity index (χ0) is 15.4. The highest BCUT2D eigenvalue weighted by Crippen LogP contribution is 2.20. The number of nitrogens with one attached hydrogen (secondary N) is 1. The van der Waals surface area contributed by atoms with Crippen molar-refractivity contribution in [1.82, 2.24) is 15.0 Å². The number of amides is 1. The molecule has 0 bridgehead atoms. The maximum absolute atomic E-state index is 13.5. The summed E-state index contributed by atoms with van der Waals surface area (Å²) in [6.07, 6.45) is 1.10. The number of hydrogen-bond acceptors (Lipinski definition) is 5. The third-order valence-corrected chi connectivity index (χ3v) is 2.51. The van der Waals surface area contributed by atoms with Crippen LogP contribution in [0.15, 0.2) is 24.4 Å². The van der Waals surface area contributed by atoms with E-state index in [2.05, 4.69) is 15.6 Å². The van der Waals surface area contributed by atoms with Crippen molar-refractivity contribution in [3.8, 4) is 5.75 Å². The van der Waals surface area contributed by atoms with Crippen LogP contribution >= 0.6 is 0 Å². The number of nitrogens with zero attached hydrogens (tertiary/aromatic N) is 3. The number of aromatic carboxylic acids is 1. The molecule has 0 saturated carbocycles. The van der Waals surface area contributed by atoms with Crippen molar-refractivity contribution >= 4 is 17.6 Å². The molecule has 8 nitrogen and oxygen atoms in total. The lowest BCUT2D eigenvalue weighted by atomic mass is 10.3. The number of carboxylic acids is 1. The van der Waals surface area contributed by atoms with E-state index in [-0.39, 0.29) is 17.9 Å². The van der Waals surface area contributed by atoms with E-state index in [0.717, 1.165) is 16.9 Å². The number of halogens is 1. The molecule has 0 unspecified atom stereocenters. The lowest BCUT2D eigenvalue weighted by molar-refractivity contribution is -0.117. The van der Waals surface area contributed by atoms with Crippen molar-refractivity contribution < 1.29 is 23.8 Å². The summed E-state index contributed by atoms with van der Waals surface area (Å²) in [4.78, 5) is 22.4. The number of aromatic nitrogens is 3. The lowest BCUT2D eigenvalue weighted by Gasteiger charge is -2.08. The number of carboxylic acid groups (broad SMARTS) is 1. The molecule has 2 N–H and O–H groups in total. The highest BCUT2D eigenvalue weighted by atomic mass is 19.1. The van der Waals surface area contributed by atoms with Gasteiger partial charge in [-0.15, -0.1) is 5.10 Å². The monoisotopic (exact) mass is 294 g/mol. The Bertz CT molecular complexity index is 686. The Morgan fingerprint density at radius 1 is 1.48 bits per heavy atom. The Kier molecular flexibility index (Phi) is 4.12. The number of carbonyl (C=O) groups excluding carboxylic acids is 1. The Morgan fingerprint density at radius 3 is 2.86 bits per heavy atom. The summed E-state index contributed by atoms with van der Waals surface area (Å²) in [6, 6.07) is 3.91. The molecular weight excluding hydrogens is 283 g/mol. The van der Waals surface area contributed by atoms with Crippen LogP contribution in [-0.4, -0.2) is 39.1 Å². The topological polar surface area (TPSA) is 106 Å². The number of methoxy groups -OCH3 is 1. The van der Waals surface area contributed by atoms with Gasteiger partial charge in [0.25, 0.3) is 0 Å². The van der Waals surface area contributed by atoms with E-state index in [1.54, 1.807) is 0 Å². The Labute approximate surface area is 118 Å². The van der Waals surface area contributed by atoms with Gasteiger partial charge in [0.05, 0.1) is 19.0 Å². The van der Waals surface area contributed by atoms with Crippen molar-refractivity contribution in [2.24, 2.45) is 0 Å². The quantitative estimate of drug-likeness (QED) is 0.843. The number of hydrogen-bond donors (Lipinski definition) is 2. The molecule has 0 saturated heterocycles. The first-order valence-corrected chi connectivity index (χ1v) is 5.76. The summed E-state index contributed by atoms with van der Waals surface area (Å²) < 4.78 is 19.5. The summed E-state index contributed by atoms with van der Waals surface area (Å²) in [5, 5.41) is 17.9. The van der Waals surface area contributed by atoms with Crippen LogP contribution in [0.25, 0.3) is 0 Å². The van der Waals surface area contributed by atoms with E-state index in [9.17, 15) is 14.0 Å². The molecule has 2 rings (SSSR count). The summed E-state index contributed by atoms with van der Waals surface area (Å²) in [5.41, 5.74) is -0.326. The highest BCUT2D eigenvalue weighted by Gasteiger charge is 2.12. The molecule has 110 valence electrons. The number of ether oxygens (including phenoxy) is 1. The molecule has 9 heteroatoms. The van der Waals surface area contributed by atoms with Gasteiger partial charge in [0, 0.05) is 6.07 Å². The maximum atomic E-state index is 13.5. The molecule has 0 fully saturated rings. The molecule has 21 heavy (non-hydrogen) atoms. The van der Waals surface area contributed by atoms with E-state index < -0.39 is 17.7 Å². The lowest BCUT2D eigenvalue weighted by Crippen LogP contribution is -2.19. The fourth-order valence-electron chi connectivity index (χ4n) is 1.54. The fourth-order valence-corrected chi connectivity index (χ4v) is 1.54. The average Bonchev–Trinajstić information content (AvgIpc) is 2.90. The van der Waals surface area contributed by atoms with Crippen LogP contribution in [0.4, 0.5) is 10.1 Å². The van der Waals surface area contributed by atoms with Crippen LogP contribution in [0.1, 0.15) is 10.5 Å². The van der Waals surface area contributed by atoms with Gasteiger partial charge in [0.15, 0.2) is 5.69 Å². The number of carbonyl (C=O) groups is 2. The Morgan fingerprint density at radius 2 is 2.24 bits per heavy atom. The molecule has 0 atom stereocenters. The standard InChI is InChI=1S/C12H11FN4O4/c1-21-7-2-3-8(13)9(4-7)14-11(18)6-17-5-10(12(19)20)15-16-17/h2-5H,6H2,1H3,(H,14,18)(H,19,20). The molecule has 0 aliphatic carbocycles. The molecule has 0 radical (unpaired) electrons. The van der Waals surface area contributed by atoms with Gasteiger partial charge >= 0.3 is 5.97 Å². The van der Waals surface area contributed by atoms with Gasteiger partial charge in [-0.05, 0) is 12.1 Å². The van der Waals surface area contributed by atoms with E-state index in [1.807, 2.05) is 0 Å². The molecule has 0 aliphatic rings. The number of benzene rings is 1. The van der Waals surface area contributed by atoms with Crippen molar-refractivity contribution in [2.45, 2.75) is 6.54 Å². The second-order valence-electron chi connectivity index (χ2n) is 4.00. The third-order valence-electron chi connectivity index (χ3n) is 2.51. The fraction of sp³-hybridized carbons (Fsp3) is 0.167. The van der Waals surface area contributed by atoms with Crippen LogP contribution in [0, 0.1) is 5.82 Å². The first-order valence-electron chi connectivity index (χ1n) is 5.76. The molecular formula is C12H11FN4O4. The van der Waals surface area contributed by atoms with Crippen LogP contribution in [0.3, 0.4) is 0 Å². The predicted octanol–water partition coefficient (Wildman–Crippen LogP) is 0.763. The van der Waals surface area contributed by atoms with Gasteiger partial charge in [0.1, 0.15) is 18.1 Å². The molecule has 1 aromatic carbocycles. The van der Waals surface area contributed by atoms with Crippen LogP contribution in [-0.2, 0) is 11.3 Å². The third kappa shape index (κ3) is 3.53. The molecule has 2 aromatic rings. The zero-order valence-corrected chi connectivity index (χ0v) is 10.9. The van der Waals surface area contributed by atoms with Crippen molar-refractivity contribution in [3.05, 3.63) is 35.9 Å². The van der Waals surface area contributed by atoms with Gasteiger partial charge in [-0.25, -0.2) is 13.9 Å². The van der Waals surface area contributed by atoms with Gasteiger partial charge in [-0.2, -0.15) is 0 Å². The number of anilines is 1. The minimum absolute atomic E-state index is 0.0436. The molecule has 1 amide bonds. The number of rotatable bonds is 5. The van der Waals surface area contributed by atoms with E-state index in [0.29, 0.717) is 5.75 Å². The van der Waals surface area contributed by atoms with E-state index in [4.69, 9.17) is 9.84 Å². The van der Waals surface area contributed by atoms with Gasteiger partial charge < -0.3 is 15.2 Å². The molecule has 0 aliphatic heterocycles. The average molecular weight is 294 g/mol. The van der Waals surface area contributed by atoms with E-state index >= 15 is 0 Å². The highest BCUT2D eigenvalue weighted by molar-refractivity contribution is 5.91. The smallest absolute Gasteiger partial charge is 0.358 e. The van der Waals surface area contributed by atoms with Gasteiger partial charge in [-0.1, -0.05) is 5.21 Å². The van der Waals surface area contributed by atoms with Gasteiger partial charge in [0.2, 0.25) is 5.91 Å². The molecule has 1 aromatic heterocycles. The minimum atomic E-state index is -1.25. The normalized spacial score (nSPS) is 10.2. The first kappa shape index (κ1) is 14.4. The Hall–Kier alpha value is -2.97. The SMILES string of the molecule is COc1ccc(F)c(NC(=O)Cn2cc(C(=O)O)nn2)c1. The van der Waals surface area contributed by atoms with Crippen LogP contribution < -0.4 is 10.1 Å². The summed E-state index contributed by atoms with van der Waals surface area (Å²) in [5.74, 6) is -2.06. The minimum Gasteiger partial charge on any atom is -0.497 e. The van der Waals surface area contributed by atoms with Crippen molar-refractivity contribution in [2.75, 3.05) is 12.4 Å². The molecule has 1 heterocycles. The summed E-state index contributed by atoms with van der Waals surface area (Å²) >= 11 is 0. The Balaban J connectivity index is 2.05. The van der Waals surface area contributed by atoms with Crippen LogP contribution in [0.5, 0.6) is 5.75 Å². The largest absolute Gasteiger partial charge is 0.497 e. The van der Waals surface area contributed by atoms with Crippen LogP contribution in [0.2, 0.25) is 0 Å². The van der Waals surface area contributed by atoms with Gasteiger partial charge in [-0.3, -0.25) is 4.79 Å². The molecule has 0 spiro atoms. The second kappa shape index (κ2) is 5.99. The summed E-state index contributed by atoms with van der Waals surface area (Å²) in [7, 11) is 1.42. The second-order valence-corrected chi connectivity index (χ2v) is 4.00. The maximum Gasteiger partial charge on any atom is 0.358 e. The first-order chi connectivity index (χ1) is 9.99. The van der Waals surface area contributed by atoms with E-state index in [1.165, 1.54) is 19.2 Å². The predicted molar refractivity (Wildman–Crippen MR) is 68.6 cm³/mol.